The van der Waals surface area contributed by atoms with Gasteiger partial charge in [0, 0.05) is 0 Å². The third-order valence-electron chi connectivity index (χ3n) is 5.31. The standard InChI is InChI=1S/C24H33N3O/c1-2-3-4-5-6-7-13-18-28-20-27-23-17-12-11-16-22(23)26(24(27)25)19-21-14-9-8-10-15-21/h8-12,14-17,25H,2-7,13,18-20H2,1H3/p+1. The zero-order valence-electron chi connectivity index (χ0n) is 17.1. The predicted octanol–water partition coefficient (Wildman–Crippen LogP) is 5.28. The molecule has 28 heavy (non-hydrogen) atoms. The van der Waals surface area contributed by atoms with Crippen LogP contribution in [-0.2, 0) is 18.0 Å². The minimum Gasteiger partial charge on any atom is -0.348 e. The van der Waals surface area contributed by atoms with Gasteiger partial charge in [-0.15, -0.1) is 0 Å². The Morgan fingerprint density at radius 2 is 1.54 bits per heavy atom. The Kier molecular flexibility index (Phi) is 7.92. The SMILES string of the molecule is CCCCCCCCCOCn1c(N)[n+](Cc2ccccc2)c2ccccc21. The quantitative estimate of drug-likeness (QED) is 0.343. The number of hydrogen-bond donors (Lipinski definition) is 1. The van der Waals surface area contributed by atoms with E-state index in [0.29, 0.717) is 6.73 Å². The Labute approximate surface area is 168 Å². The molecule has 150 valence electrons. The number of unbranched alkanes of at least 4 members (excludes halogenated alkanes) is 6. The fourth-order valence-corrected chi connectivity index (χ4v) is 3.70. The van der Waals surface area contributed by atoms with Crippen LogP contribution in [0.15, 0.2) is 54.6 Å². The normalized spacial score (nSPS) is 11.3. The summed E-state index contributed by atoms with van der Waals surface area (Å²) in [5.41, 5.74) is 10.0. The Morgan fingerprint density at radius 3 is 2.32 bits per heavy atom. The first-order chi connectivity index (χ1) is 13.8. The molecule has 2 aromatic carbocycles. The number of ether oxygens (including phenoxy) is 1. The second-order valence-corrected chi connectivity index (χ2v) is 7.51. The summed E-state index contributed by atoms with van der Waals surface area (Å²) in [7, 11) is 0. The molecule has 1 aromatic heterocycles. The van der Waals surface area contributed by atoms with Gasteiger partial charge in [0.1, 0.15) is 11.0 Å². The molecule has 0 saturated heterocycles. The van der Waals surface area contributed by atoms with Crippen molar-refractivity contribution >= 4 is 17.0 Å². The van der Waals surface area contributed by atoms with E-state index >= 15 is 0 Å². The lowest BCUT2D eigenvalue weighted by Gasteiger charge is -2.05. The molecule has 1 heterocycles. The van der Waals surface area contributed by atoms with Crippen molar-refractivity contribution in [2.24, 2.45) is 0 Å². The van der Waals surface area contributed by atoms with Crippen molar-refractivity contribution in [2.75, 3.05) is 12.3 Å². The summed E-state index contributed by atoms with van der Waals surface area (Å²) in [4.78, 5) is 0. The summed E-state index contributed by atoms with van der Waals surface area (Å²) < 4.78 is 10.2. The third kappa shape index (κ3) is 5.35. The van der Waals surface area contributed by atoms with Crippen LogP contribution in [0.25, 0.3) is 11.0 Å². The molecule has 0 atom stereocenters. The molecule has 0 saturated carbocycles. The van der Waals surface area contributed by atoms with Crippen LogP contribution in [0.2, 0.25) is 0 Å². The van der Waals surface area contributed by atoms with Gasteiger partial charge in [0.05, 0.1) is 13.2 Å². The molecule has 0 aliphatic carbocycles. The number of nitrogen functional groups attached to an aromatic ring is 1. The summed E-state index contributed by atoms with van der Waals surface area (Å²) in [6.45, 7) is 4.31. The summed E-state index contributed by atoms with van der Waals surface area (Å²) >= 11 is 0. The first-order valence-corrected chi connectivity index (χ1v) is 10.7. The first-order valence-electron chi connectivity index (χ1n) is 10.7. The monoisotopic (exact) mass is 380 g/mol. The number of anilines is 1. The smallest absolute Gasteiger partial charge is 0.348 e. The average molecular weight is 381 g/mol. The van der Waals surface area contributed by atoms with Crippen LogP contribution in [0.4, 0.5) is 5.95 Å². The Bertz CT molecular complexity index is 842. The second kappa shape index (κ2) is 10.9. The van der Waals surface area contributed by atoms with Gasteiger partial charge < -0.3 is 4.74 Å². The zero-order chi connectivity index (χ0) is 19.6. The van der Waals surface area contributed by atoms with Crippen LogP contribution in [0.5, 0.6) is 0 Å². The largest absolute Gasteiger partial charge is 0.358 e. The van der Waals surface area contributed by atoms with Gasteiger partial charge in [-0.05, 0) is 24.1 Å². The summed E-state index contributed by atoms with van der Waals surface area (Å²) in [6.07, 6.45) is 9.07. The lowest BCUT2D eigenvalue weighted by atomic mass is 10.1. The summed E-state index contributed by atoms with van der Waals surface area (Å²) in [6, 6.07) is 18.8. The van der Waals surface area contributed by atoms with E-state index in [1.54, 1.807) is 0 Å². The van der Waals surface area contributed by atoms with Crippen LogP contribution < -0.4 is 10.3 Å². The zero-order valence-corrected chi connectivity index (χ0v) is 17.1. The maximum Gasteiger partial charge on any atom is 0.358 e. The van der Waals surface area contributed by atoms with E-state index in [0.717, 1.165) is 36.6 Å². The first kappa shape index (κ1) is 20.4. The molecule has 4 nitrogen and oxygen atoms in total. The van der Waals surface area contributed by atoms with Gasteiger partial charge in [-0.1, -0.05) is 87.9 Å². The molecule has 0 aliphatic rings. The van der Waals surface area contributed by atoms with Crippen molar-refractivity contribution in [3.8, 4) is 0 Å². The summed E-state index contributed by atoms with van der Waals surface area (Å²) in [5.74, 6) is 0.740. The Morgan fingerprint density at radius 1 is 0.857 bits per heavy atom. The average Bonchev–Trinajstić information content (AvgIpc) is 2.99. The number of para-hydroxylation sites is 2. The molecule has 0 amide bonds. The number of benzene rings is 2. The van der Waals surface area contributed by atoms with Gasteiger partial charge in [0.25, 0.3) is 0 Å². The van der Waals surface area contributed by atoms with Gasteiger partial charge in [-0.25, -0.2) is 9.13 Å². The van der Waals surface area contributed by atoms with E-state index in [2.05, 4.69) is 64.6 Å². The number of nitrogens with two attached hydrogens (primary N) is 1. The fourth-order valence-electron chi connectivity index (χ4n) is 3.70. The maximum absolute atomic E-state index is 6.52. The van der Waals surface area contributed by atoms with Crippen LogP contribution in [0, 0.1) is 0 Å². The highest BCUT2D eigenvalue weighted by Crippen LogP contribution is 2.17. The van der Waals surface area contributed by atoms with Gasteiger partial charge >= 0.3 is 5.95 Å². The van der Waals surface area contributed by atoms with Crippen molar-refractivity contribution in [3.63, 3.8) is 0 Å². The lowest BCUT2D eigenvalue weighted by molar-refractivity contribution is -0.648. The number of rotatable bonds is 12. The highest BCUT2D eigenvalue weighted by Gasteiger charge is 2.20. The van der Waals surface area contributed by atoms with Gasteiger partial charge in [0.15, 0.2) is 6.73 Å². The van der Waals surface area contributed by atoms with Crippen molar-refractivity contribution in [1.29, 1.82) is 0 Å². The molecule has 3 aromatic rings. The molecule has 0 aliphatic heterocycles. The van der Waals surface area contributed by atoms with Crippen molar-refractivity contribution < 1.29 is 9.30 Å². The van der Waals surface area contributed by atoms with Gasteiger partial charge in [0.2, 0.25) is 0 Å². The van der Waals surface area contributed by atoms with E-state index in [-0.39, 0.29) is 0 Å². The van der Waals surface area contributed by atoms with Crippen LogP contribution in [0.1, 0.15) is 57.4 Å². The minimum atomic E-state index is 0.504. The molecule has 0 spiro atoms. The molecule has 0 radical (unpaired) electrons. The molecule has 4 heteroatoms. The number of hydrogen-bond acceptors (Lipinski definition) is 2. The highest BCUT2D eigenvalue weighted by molar-refractivity contribution is 5.73. The number of fused-ring (bicyclic) bond motifs is 1. The van der Waals surface area contributed by atoms with E-state index in [9.17, 15) is 0 Å². The summed E-state index contributed by atoms with van der Waals surface area (Å²) in [5, 5.41) is 0. The van der Waals surface area contributed by atoms with Crippen molar-refractivity contribution in [2.45, 2.75) is 65.1 Å². The number of nitrogens with zero attached hydrogens (tertiary/aromatic N) is 2. The van der Waals surface area contributed by atoms with Crippen molar-refractivity contribution in [3.05, 3.63) is 60.2 Å². The molecular formula is C24H34N3O+. The van der Waals surface area contributed by atoms with Crippen LogP contribution in [-0.4, -0.2) is 11.2 Å². The molecule has 0 unspecified atom stereocenters. The van der Waals surface area contributed by atoms with Gasteiger partial charge in [-0.3, -0.25) is 5.73 Å². The Hall–Kier alpha value is -2.33. The minimum absolute atomic E-state index is 0.504. The third-order valence-corrected chi connectivity index (χ3v) is 5.31. The van der Waals surface area contributed by atoms with Crippen LogP contribution in [0.3, 0.4) is 0 Å². The highest BCUT2D eigenvalue weighted by atomic mass is 16.5. The molecule has 2 N–H and O–H groups in total. The second-order valence-electron chi connectivity index (χ2n) is 7.51. The number of imidazole rings is 1. The molecular weight excluding hydrogens is 346 g/mol. The Balaban J connectivity index is 1.58. The topological polar surface area (TPSA) is 44.1 Å². The van der Waals surface area contributed by atoms with Crippen molar-refractivity contribution in [1.82, 2.24) is 4.57 Å². The fraction of sp³-hybridized carbons (Fsp3) is 0.458. The molecule has 3 rings (SSSR count). The molecule has 0 fully saturated rings. The molecule has 0 bridgehead atoms. The number of aromatic nitrogens is 2. The van der Waals surface area contributed by atoms with E-state index in [4.69, 9.17) is 10.5 Å². The van der Waals surface area contributed by atoms with E-state index in [1.807, 2.05) is 6.07 Å². The van der Waals surface area contributed by atoms with Gasteiger partial charge in [-0.2, -0.15) is 0 Å². The van der Waals surface area contributed by atoms with Crippen LogP contribution >= 0.6 is 0 Å². The van der Waals surface area contributed by atoms with E-state index in [1.165, 1.54) is 44.1 Å². The van der Waals surface area contributed by atoms with E-state index < -0.39 is 0 Å². The maximum atomic E-state index is 6.52. The lowest BCUT2D eigenvalue weighted by Crippen LogP contribution is -2.37. The predicted molar refractivity (Wildman–Crippen MR) is 116 cm³/mol.